The number of hydrogen-bond donors (Lipinski definition) is 1. The van der Waals surface area contributed by atoms with Gasteiger partial charge >= 0.3 is 0 Å². The minimum absolute atomic E-state index is 0.0854. The normalized spacial score (nSPS) is 17.3. The maximum atomic E-state index is 12.5. The highest BCUT2D eigenvalue weighted by Crippen LogP contribution is 2.27. The van der Waals surface area contributed by atoms with Gasteiger partial charge in [-0.15, -0.1) is 5.10 Å². The third-order valence-corrected chi connectivity index (χ3v) is 5.82. The zero-order chi connectivity index (χ0) is 18.4. The lowest BCUT2D eigenvalue weighted by Crippen LogP contribution is -2.28. The maximum absolute atomic E-state index is 12.5. The van der Waals surface area contributed by atoms with Crippen molar-refractivity contribution in [1.29, 1.82) is 0 Å². The summed E-state index contributed by atoms with van der Waals surface area (Å²) in [6, 6.07) is 7.00. The van der Waals surface area contributed by atoms with E-state index in [1.807, 2.05) is 13.8 Å². The van der Waals surface area contributed by atoms with Crippen LogP contribution in [0.4, 0.5) is 11.6 Å². The van der Waals surface area contributed by atoms with Crippen molar-refractivity contribution in [2.75, 3.05) is 16.8 Å². The second-order valence-electron chi connectivity index (χ2n) is 6.24. The first-order valence-corrected chi connectivity index (χ1v) is 9.31. The molecule has 0 radical (unpaired) electrons. The standard InChI is InChI=1S/C17H16ClN5O2S/c1-9-10(2)26-17-20-16(21-23(9)17)19-15(25)11-7-14(24)22(8-11)13-5-3-12(18)4-6-13/h3-6,11H,7-8H2,1-2H3,(H,19,21,25). The summed E-state index contributed by atoms with van der Waals surface area (Å²) in [4.78, 5) is 32.6. The molecule has 2 amide bonds. The van der Waals surface area contributed by atoms with Gasteiger partial charge < -0.3 is 4.90 Å². The van der Waals surface area contributed by atoms with Crippen molar-refractivity contribution in [3.63, 3.8) is 0 Å². The first kappa shape index (κ1) is 17.0. The molecular formula is C17H16ClN5O2S. The smallest absolute Gasteiger partial charge is 0.250 e. The zero-order valence-electron chi connectivity index (χ0n) is 14.2. The summed E-state index contributed by atoms with van der Waals surface area (Å²) in [6.45, 7) is 4.29. The lowest BCUT2D eigenvalue weighted by molar-refractivity contribution is -0.122. The monoisotopic (exact) mass is 389 g/mol. The van der Waals surface area contributed by atoms with Crippen LogP contribution in [0.1, 0.15) is 17.0 Å². The van der Waals surface area contributed by atoms with Crippen LogP contribution in [0.3, 0.4) is 0 Å². The number of thiazole rings is 1. The third-order valence-electron chi connectivity index (χ3n) is 4.52. The number of nitrogens with one attached hydrogen (secondary N) is 1. The number of rotatable bonds is 3. The minimum Gasteiger partial charge on any atom is -0.312 e. The second-order valence-corrected chi connectivity index (χ2v) is 7.86. The molecule has 9 heteroatoms. The molecular weight excluding hydrogens is 374 g/mol. The molecule has 0 saturated carbocycles. The summed E-state index contributed by atoms with van der Waals surface area (Å²) in [6.07, 6.45) is 0.162. The van der Waals surface area contributed by atoms with Crippen LogP contribution in [0.5, 0.6) is 0 Å². The molecule has 3 aromatic rings. The molecule has 0 spiro atoms. The summed E-state index contributed by atoms with van der Waals surface area (Å²) in [5.41, 5.74) is 1.74. The van der Waals surface area contributed by atoms with Crippen LogP contribution in [-0.4, -0.2) is 33.0 Å². The van der Waals surface area contributed by atoms with Crippen LogP contribution in [0.2, 0.25) is 5.02 Å². The highest BCUT2D eigenvalue weighted by Gasteiger charge is 2.35. The van der Waals surface area contributed by atoms with Crippen molar-refractivity contribution < 1.29 is 9.59 Å². The van der Waals surface area contributed by atoms with Crippen molar-refractivity contribution in [3.8, 4) is 0 Å². The number of halogens is 1. The number of benzene rings is 1. The number of nitrogens with zero attached hydrogens (tertiary/aromatic N) is 4. The molecule has 4 rings (SSSR count). The number of hydrogen-bond acceptors (Lipinski definition) is 5. The first-order valence-electron chi connectivity index (χ1n) is 8.12. The van der Waals surface area contributed by atoms with Gasteiger partial charge in [-0.1, -0.05) is 22.9 Å². The summed E-state index contributed by atoms with van der Waals surface area (Å²) in [5, 5.41) is 7.66. The van der Waals surface area contributed by atoms with E-state index in [2.05, 4.69) is 15.4 Å². The Morgan fingerprint density at radius 1 is 1.31 bits per heavy atom. The predicted molar refractivity (Wildman–Crippen MR) is 101 cm³/mol. The van der Waals surface area contributed by atoms with Crippen LogP contribution >= 0.6 is 22.9 Å². The van der Waals surface area contributed by atoms with Crippen molar-refractivity contribution in [3.05, 3.63) is 39.9 Å². The molecule has 26 heavy (non-hydrogen) atoms. The molecule has 1 unspecified atom stereocenters. The largest absolute Gasteiger partial charge is 0.312 e. The molecule has 2 aromatic heterocycles. The highest BCUT2D eigenvalue weighted by molar-refractivity contribution is 7.17. The van der Waals surface area contributed by atoms with Crippen LogP contribution in [0, 0.1) is 19.8 Å². The third kappa shape index (κ3) is 2.95. The molecule has 1 saturated heterocycles. The molecule has 0 bridgehead atoms. The van der Waals surface area contributed by atoms with Crippen molar-refractivity contribution in [2.45, 2.75) is 20.3 Å². The van der Waals surface area contributed by atoms with E-state index in [1.54, 1.807) is 33.7 Å². The van der Waals surface area contributed by atoms with Crippen molar-refractivity contribution >= 4 is 51.3 Å². The first-order chi connectivity index (χ1) is 12.4. The Kier molecular flexibility index (Phi) is 4.16. The summed E-state index contributed by atoms with van der Waals surface area (Å²) in [5.74, 6) is -0.510. The van der Waals surface area contributed by atoms with Crippen molar-refractivity contribution in [2.24, 2.45) is 5.92 Å². The fourth-order valence-electron chi connectivity index (χ4n) is 2.96. The van der Waals surface area contributed by atoms with Crippen molar-refractivity contribution in [1.82, 2.24) is 14.6 Å². The van der Waals surface area contributed by atoms with E-state index in [1.165, 1.54) is 11.3 Å². The molecule has 1 aromatic carbocycles. The Morgan fingerprint density at radius 2 is 2.04 bits per heavy atom. The van der Waals surface area contributed by atoms with E-state index in [0.717, 1.165) is 21.2 Å². The number of amides is 2. The number of carbonyl (C=O) groups is 2. The molecule has 1 aliphatic rings. The Hall–Kier alpha value is -2.45. The summed E-state index contributed by atoms with van der Waals surface area (Å²) >= 11 is 7.41. The fourth-order valence-corrected chi connectivity index (χ4v) is 3.99. The molecule has 1 aliphatic heterocycles. The highest BCUT2D eigenvalue weighted by atomic mass is 35.5. The minimum atomic E-state index is -0.442. The Balaban J connectivity index is 1.47. The lowest BCUT2D eigenvalue weighted by Gasteiger charge is -2.16. The maximum Gasteiger partial charge on any atom is 0.250 e. The van der Waals surface area contributed by atoms with Gasteiger partial charge in [0.15, 0.2) is 0 Å². The topological polar surface area (TPSA) is 79.6 Å². The van der Waals surface area contributed by atoms with Crippen LogP contribution in [0.25, 0.3) is 4.96 Å². The van der Waals surface area contributed by atoms with Gasteiger partial charge in [0.1, 0.15) is 0 Å². The molecule has 3 heterocycles. The number of carbonyl (C=O) groups excluding carboxylic acids is 2. The Labute approximate surface area is 158 Å². The average Bonchev–Trinajstić information content (AvgIpc) is 3.25. The average molecular weight is 390 g/mol. The van der Waals surface area contributed by atoms with Crippen LogP contribution in [0.15, 0.2) is 24.3 Å². The number of anilines is 2. The van der Waals surface area contributed by atoms with Gasteiger partial charge in [-0.3, -0.25) is 14.9 Å². The van der Waals surface area contributed by atoms with E-state index < -0.39 is 5.92 Å². The summed E-state index contributed by atoms with van der Waals surface area (Å²) in [7, 11) is 0. The molecule has 1 N–H and O–H groups in total. The van der Waals surface area contributed by atoms with Gasteiger partial charge in [0.25, 0.3) is 0 Å². The van der Waals surface area contributed by atoms with Gasteiger partial charge in [0.2, 0.25) is 22.7 Å². The zero-order valence-corrected chi connectivity index (χ0v) is 15.8. The number of aryl methyl sites for hydroxylation is 2. The van der Waals surface area contributed by atoms with E-state index in [-0.39, 0.29) is 24.2 Å². The number of aromatic nitrogens is 3. The molecule has 7 nitrogen and oxygen atoms in total. The van der Waals surface area contributed by atoms with Gasteiger partial charge in [-0.05, 0) is 38.1 Å². The molecule has 1 atom stereocenters. The quantitative estimate of drug-likeness (QED) is 0.746. The number of fused-ring (bicyclic) bond motifs is 1. The van der Waals surface area contributed by atoms with Crippen LogP contribution in [-0.2, 0) is 9.59 Å². The second kappa shape index (κ2) is 6.37. The van der Waals surface area contributed by atoms with E-state index >= 15 is 0 Å². The van der Waals surface area contributed by atoms with Crippen LogP contribution < -0.4 is 10.2 Å². The molecule has 134 valence electrons. The SMILES string of the molecule is Cc1sc2nc(NC(=O)C3CC(=O)N(c4ccc(Cl)cc4)C3)nn2c1C. The Morgan fingerprint density at radius 3 is 2.73 bits per heavy atom. The Bertz CT molecular complexity index is 1010. The fraction of sp³-hybridized carbons (Fsp3) is 0.294. The van der Waals surface area contributed by atoms with Gasteiger partial charge in [0, 0.05) is 28.6 Å². The van der Waals surface area contributed by atoms with Gasteiger partial charge in [-0.25, -0.2) is 4.52 Å². The predicted octanol–water partition coefficient (Wildman–Crippen LogP) is 3.05. The van der Waals surface area contributed by atoms with Gasteiger partial charge in [0.05, 0.1) is 11.6 Å². The van der Waals surface area contributed by atoms with E-state index in [4.69, 9.17) is 11.6 Å². The molecule has 0 aliphatic carbocycles. The molecule has 1 fully saturated rings. The lowest BCUT2D eigenvalue weighted by atomic mass is 10.1. The van der Waals surface area contributed by atoms with Gasteiger partial charge in [-0.2, -0.15) is 4.98 Å². The van der Waals surface area contributed by atoms with E-state index in [0.29, 0.717) is 11.6 Å². The summed E-state index contributed by atoms with van der Waals surface area (Å²) < 4.78 is 1.72. The van der Waals surface area contributed by atoms with E-state index in [9.17, 15) is 9.59 Å².